The van der Waals surface area contributed by atoms with E-state index < -0.39 is 5.82 Å². The van der Waals surface area contributed by atoms with E-state index in [0.717, 1.165) is 23.7 Å². The van der Waals surface area contributed by atoms with Crippen molar-refractivity contribution < 1.29 is 13.9 Å². The maximum Gasteiger partial charge on any atom is 0.319 e. The largest absolute Gasteiger partial charge is 0.463 e. The van der Waals surface area contributed by atoms with Crippen LogP contribution < -0.4 is 9.64 Å². The van der Waals surface area contributed by atoms with Gasteiger partial charge in [-0.3, -0.25) is 4.79 Å². The van der Waals surface area contributed by atoms with Crippen LogP contribution in [0.25, 0.3) is 32.8 Å². The van der Waals surface area contributed by atoms with Crippen molar-refractivity contribution in [1.29, 1.82) is 0 Å². The van der Waals surface area contributed by atoms with E-state index in [9.17, 15) is 4.79 Å². The Kier molecular flexibility index (Phi) is 8.14. The lowest BCUT2D eigenvalue weighted by molar-refractivity contribution is -0.131. The van der Waals surface area contributed by atoms with Crippen LogP contribution in [0.4, 0.5) is 10.2 Å². The Morgan fingerprint density at radius 2 is 1.79 bits per heavy atom. The summed E-state index contributed by atoms with van der Waals surface area (Å²) in [7, 11) is 4.00. The van der Waals surface area contributed by atoms with Gasteiger partial charge >= 0.3 is 6.01 Å². The summed E-state index contributed by atoms with van der Waals surface area (Å²) in [4.78, 5) is 27.5. The van der Waals surface area contributed by atoms with Gasteiger partial charge in [0.15, 0.2) is 5.82 Å². The van der Waals surface area contributed by atoms with Gasteiger partial charge in [-0.2, -0.15) is 9.97 Å². The van der Waals surface area contributed by atoms with Gasteiger partial charge in [0.25, 0.3) is 0 Å². The second-order valence-electron chi connectivity index (χ2n) is 10.0. The molecule has 0 bridgehead atoms. The topological polar surface area (TPSA) is 61.8 Å². The van der Waals surface area contributed by atoms with E-state index >= 15 is 4.39 Å². The van der Waals surface area contributed by atoms with Crippen molar-refractivity contribution in [3.8, 4) is 17.1 Å². The van der Waals surface area contributed by atoms with Gasteiger partial charge in [-0.15, -0.1) is 0 Å². The van der Waals surface area contributed by atoms with Gasteiger partial charge in [-0.05, 0) is 42.9 Å². The molecule has 0 unspecified atom stereocenters. The Balaban J connectivity index is 1.60. The third kappa shape index (κ3) is 5.63. The monoisotopic (exact) mass is 549 g/mol. The van der Waals surface area contributed by atoms with E-state index in [2.05, 4.69) is 14.8 Å². The Bertz CT molecular complexity index is 1500. The molecule has 39 heavy (non-hydrogen) atoms. The van der Waals surface area contributed by atoms with Gasteiger partial charge in [0.05, 0.1) is 11.6 Å². The molecular formula is C30H33ClFN5O2. The van der Waals surface area contributed by atoms with E-state index in [0.29, 0.717) is 66.6 Å². The summed E-state index contributed by atoms with van der Waals surface area (Å²) in [5.41, 5.74) is 1.18. The lowest BCUT2D eigenvalue weighted by Gasteiger charge is -2.35. The Labute approximate surface area is 233 Å². The minimum absolute atomic E-state index is 0.126. The van der Waals surface area contributed by atoms with Crippen molar-refractivity contribution in [2.45, 2.75) is 19.8 Å². The molecule has 0 saturated carbocycles. The van der Waals surface area contributed by atoms with Gasteiger partial charge in [0, 0.05) is 50.1 Å². The normalized spacial score (nSPS) is 14.0. The summed E-state index contributed by atoms with van der Waals surface area (Å²) < 4.78 is 22.4. The first-order valence-corrected chi connectivity index (χ1v) is 13.7. The molecule has 9 heteroatoms. The summed E-state index contributed by atoms with van der Waals surface area (Å²) in [5.74, 6) is 0.188. The molecule has 4 aromatic rings. The molecule has 7 nitrogen and oxygen atoms in total. The number of anilines is 1. The van der Waals surface area contributed by atoms with Crippen LogP contribution in [0.1, 0.15) is 19.8 Å². The summed E-state index contributed by atoms with van der Waals surface area (Å²) in [6.07, 6.45) is 1.25. The average Bonchev–Trinajstić information content (AvgIpc) is 2.95. The molecule has 1 aliphatic heterocycles. The number of rotatable bonds is 8. The highest BCUT2D eigenvalue weighted by Gasteiger charge is 2.26. The number of fused-ring (bicyclic) bond motifs is 2. The van der Waals surface area contributed by atoms with Crippen molar-refractivity contribution in [1.82, 2.24) is 19.8 Å². The molecule has 0 atom stereocenters. The summed E-state index contributed by atoms with van der Waals surface area (Å²) in [6, 6.07) is 15.5. The van der Waals surface area contributed by atoms with Crippen molar-refractivity contribution in [3.05, 3.63) is 59.4 Å². The maximum absolute atomic E-state index is 16.5. The average molecular weight is 550 g/mol. The van der Waals surface area contributed by atoms with E-state index in [1.807, 2.05) is 68.4 Å². The Morgan fingerprint density at radius 1 is 1.05 bits per heavy atom. The fourth-order valence-electron chi connectivity index (χ4n) is 5.09. The first kappa shape index (κ1) is 27.1. The summed E-state index contributed by atoms with van der Waals surface area (Å²) in [5, 5.41) is 2.72. The van der Waals surface area contributed by atoms with Crippen LogP contribution >= 0.6 is 11.6 Å². The SMILES string of the molecule is CCC(=O)N1CCN(c2nc(OCCCN(C)C)nc3c(F)c(-c4cccc5ccccc45)c(Cl)cc23)CC1. The first-order chi connectivity index (χ1) is 18.9. The zero-order valence-electron chi connectivity index (χ0n) is 22.6. The number of ether oxygens (including phenoxy) is 1. The van der Waals surface area contributed by atoms with Gasteiger partial charge in [0.2, 0.25) is 5.91 Å². The highest BCUT2D eigenvalue weighted by atomic mass is 35.5. The number of benzene rings is 3. The quantitative estimate of drug-likeness (QED) is 0.265. The van der Waals surface area contributed by atoms with E-state index in [1.165, 1.54) is 0 Å². The van der Waals surface area contributed by atoms with Crippen molar-refractivity contribution in [3.63, 3.8) is 0 Å². The first-order valence-electron chi connectivity index (χ1n) is 13.4. The lowest BCUT2D eigenvalue weighted by atomic mass is 9.96. The summed E-state index contributed by atoms with van der Waals surface area (Å²) >= 11 is 6.81. The second-order valence-corrected chi connectivity index (χ2v) is 10.4. The fourth-order valence-corrected chi connectivity index (χ4v) is 5.39. The number of aromatic nitrogens is 2. The molecule has 5 rings (SSSR count). The second kappa shape index (κ2) is 11.7. The number of piperazine rings is 1. The Hall–Kier alpha value is -3.49. The number of amides is 1. The minimum atomic E-state index is -0.504. The number of nitrogens with zero attached hydrogens (tertiary/aromatic N) is 5. The van der Waals surface area contributed by atoms with Crippen LogP contribution in [-0.4, -0.2) is 79.1 Å². The number of carbonyl (C=O) groups excluding carboxylic acids is 1. The molecular weight excluding hydrogens is 517 g/mol. The molecule has 204 valence electrons. The number of hydrogen-bond donors (Lipinski definition) is 0. The number of halogens is 2. The molecule has 0 spiro atoms. The van der Waals surface area contributed by atoms with E-state index in [-0.39, 0.29) is 17.4 Å². The van der Waals surface area contributed by atoms with Gasteiger partial charge in [0.1, 0.15) is 11.3 Å². The summed E-state index contributed by atoms with van der Waals surface area (Å²) in [6.45, 7) is 5.41. The van der Waals surface area contributed by atoms with Crippen molar-refractivity contribution in [2.75, 3.05) is 58.3 Å². The third-order valence-electron chi connectivity index (χ3n) is 7.12. The number of hydrogen-bond acceptors (Lipinski definition) is 6. The predicted octanol–water partition coefficient (Wildman–Crippen LogP) is 5.63. The molecule has 1 aromatic heterocycles. The fraction of sp³-hybridized carbons (Fsp3) is 0.367. The van der Waals surface area contributed by atoms with Crippen LogP contribution in [0.3, 0.4) is 0 Å². The highest BCUT2D eigenvalue weighted by Crippen LogP contribution is 2.41. The molecule has 1 fully saturated rings. The molecule has 3 aromatic carbocycles. The van der Waals surface area contributed by atoms with Gasteiger partial charge in [-0.1, -0.05) is 61.0 Å². The van der Waals surface area contributed by atoms with E-state index in [1.54, 1.807) is 6.07 Å². The van der Waals surface area contributed by atoms with Crippen LogP contribution in [0.2, 0.25) is 5.02 Å². The third-order valence-corrected chi connectivity index (χ3v) is 7.41. The molecule has 1 aliphatic rings. The lowest BCUT2D eigenvalue weighted by Crippen LogP contribution is -2.49. The van der Waals surface area contributed by atoms with Crippen LogP contribution in [0.15, 0.2) is 48.5 Å². The molecule has 1 saturated heterocycles. The standard InChI is InChI=1S/C30H33ClFN5O2/c1-4-25(38)36-14-16-37(17-15-36)29-23-19-24(31)26(22-12-7-10-20-9-5-6-11-21(20)22)27(32)28(23)33-30(34-29)39-18-8-13-35(2)3/h5-7,9-12,19H,4,8,13-18H2,1-3H3. The maximum atomic E-state index is 16.5. The zero-order chi connectivity index (χ0) is 27.5. The van der Waals surface area contributed by atoms with E-state index in [4.69, 9.17) is 21.3 Å². The molecule has 0 N–H and O–H groups in total. The molecule has 2 heterocycles. The number of carbonyl (C=O) groups is 1. The van der Waals surface area contributed by atoms with Crippen molar-refractivity contribution in [2.24, 2.45) is 0 Å². The van der Waals surface area contributed by atoms with Crippen LogP contribution in [-0.2, 0) is 4.79 Å². The molecule has 0 aliphatic carbocycles. The van der Waals surface area contributed by atoms with Crippen LogP contribution in [0.5, 0.6) is 6.01 Å². The zero-order valence-corrected chi connectivity index (χ0v) is 23.3. The highest BCUT2D eigenvalue weighted by molar-refractivity contribution is 6.35. The predicted molar refractivity (Wildman–Crippen MR) is 155 cm³/mol. The Morgan fingerprint density at radius 3 is 2.54 bits per heavy atom. The van der Waals surface area contributed by atoms with Crippen LogP contribution in [0, 0.1) is 5.82 Å². The van der Waals surface area contributed by atoms with Crippen molar-refractivity contribution >= 4 is 45.0 Å². The molecule has 1 amide bonds. The van der Waals surface area contributed by atoms with Gasteiger partial charge < -0.3 is 19.4 Å². The smallest absolute Gasteiger partial charge is 0.319 e. The minimum Gasteiger partial charge on any atom is -0.463 e. The van der Waals surface area contributed by atoms with Gasteiger partial charge in [-0.25, -0.2) is 4.39 Å². The molecule has 0 radical (unpaired) electrons.